The van der Waals surface area contributed by atoms with Crippen molar-refractivity contribution >= 4 is 0 Å². The number of aliphatic hydroxyl groups excluding tert-OH is 2. The van der Waals surface area contributed by atoms with Crippen molar-refractivity contribution in [3.8, 4) is 5.69 Å². The number of nitrogens with zero attached hydrogens (tertiary/aromatic N) is 2. The molecule has 0 saturated carbocycles. The molecule has 4 heteroatoms. The largest absolute Gasteiger partial charge is 0.390 e. The van der Waals surface area contributed by atoms with Gasteiger partial charge >= 0.3 is 0 Å². The van der Waals surface area contributed by atoms with E-state index in [1.165, 1.54) is 0 Å². The summed E-state index contributed by atoms with van der Waals surface area (Å²) < 4.78 is 1.65. The second-order valence-electron chi connectivity index (χ2n) is 4.68. The second kappa shape index (κ2) is 5.33. The number of aliphatic hydroxyl groups is 2. The summed E-state index contributed by atoms with van der Waals surface area (Å²) in [6.07, 6.45) is -0.115. The van der Waals surface area contributed by atoms with Crippen LogP contribution in [-0.2, 0) is 0 Å². The molecule has 2 aromatic rings. The summed E-state index contributed by atoms with van der Waals surface area (Å²) in [5.41, 5.74) is 1.47. The van der Waals surface area contributed by atoms with Gasteiger partial charge in [-0.1, -0.05) is 32.0 Å². The molecule has 0 amide bonds. The fourth-order valence-electron chi connectivity index (χ4n) is 1.86. The molecule has 0 spiro atoms. The molecule has 1 aromatic carbocycles. The topological polar surface area (TPSA) is 58.3 Å². The summed E-state index contributed by atoms with van der Waals surface area (Å²) in [5.74, 6) is -0.0147. The summed E-state index contributed by atoms with van der Waals surface area (Å²) in [6, 6.07) is 11.3. The molecular weight excluding hydrogens is 228 g/mol. The molecule has 2 rings (SSSR count). The highest BCUT2D eigenvalue weighted by molar-refractivity contribution is 5.33. The van der Waals surface area contributed by atoms with Crippen LogP contribution in [0.1, 0.15) is 25.6 Å². The third kappa shape index (κ3) is 2.44. The standard InChI is InChI=1S/C14H18N2O2/c1-10(2)13(17)14(18)12-8-9-15-16(12)11-6-4-3-5-7-11/h3-10,13-14,17-18H,1-2H3. The Labute approximate surface area is 107 Å². The van der Waals surface area contributed by atoms with Crippen LogP contribution in [-0.4, -0.2) is 26.1 Å². The van der Waals surface area contributed by atoms with Crippen LogP contribution in [0.5, 0.6) is 0 Å². The van der Waals surface area contributed by atoms with Crippen molar-refractivity contribution in [1.29, 1.82) is 0 Å². The highest BCUT2D eigenvalue weighted by Crippen LogP contribution is 2.23. The van der Waals surface area contributed by atoms with Gasteiger partial charge in [-0.05, 0) is 24.1 Å². The van der Waals surface area contributed by atoms with Crippen molar-refractivity contribution in [3.05, 3.63) is 48.3 Å². The molecule has 0 fully saturated rings. The number of rotatable bonds is 4. The zero-order valence-corrected chi connectivity index (χ0v) is 10.6. The van der Waals surface area contributed by atoms with E-state index in [4.69, 9.17) is 0 Å². The fraction of sp³-hybridized carbons (Fsp3) is 0.357. The van der Waals surface area contributed by atoms with Gasteiger partial charge in [-0.2, -0.15) is 5.10 Å². The zero-order valence-electron chi connectivity index (χ0n) is 10.6. The molecule has 18 heavy (non-hydrogen) atoms. The zero-order chi connectivity index (χ0) is 13.1. The van der Waals surface area contributed by atoms with Crippen molar-refractivity contribution in [1.82, 2.24) is 9.78 Å². The van der Waals surface area contributed by atoms with Gasteiger partial charge in [0.25, 0.3) is 0 Å². The van der Waals surface area contributed by atoms with Gasteiger partial charge in [0.15, 0.2) is 0 Å². The van der Waals surface area contributed by atoms with E-state index in [9.17, 15) is 10.2 Å². The number of hydrogen-bond acceptors (Lipinski definition) is 3. The first-order valence-electron chi connectivity index (χ1n) is 6.06. The molecule has 0 aliphatic heterocycles. The summed E-state index contributed by atoms with van der Waals surface area (Å²) in [5, 5.41) is 24.3. The number of benzene rings is 1. The molecule has 0 bridgehead atoms. The predicted molar refractivity (Wildman–Crippen MR) is 69.4 cm³/mol. The van der Waals surface area contributed by atoms with Crippen LogP contribution in [0.3, 0.4) is 0 Å². The lowest BCUT2D eigenvalue weighted by Gasteiger charge is -2.21. The van der Waals surface area contributed by atoms with Gasteiger partial charge in [-0.25, -0.2) is 4.68 Å². The first kappa shape index (κ1) is 12.8. The van der Waals surface area contributed by atoms with Crippen molar-refractivity contribution in [2.24, 2.45) is 5.92 Å². The Morgan fingerprint density at radius 2 is 1.72 bits per heavy atom. The SMILES string of the molecule is CC(C)C(O)C(O)c1ccnn1-c1ccccc1. The average molecular weight is 246 g/mol. The Morgan fingerprint density at radius 1 is 1.06 bits per heavy atom. The maximum absolute atomic E-state index is 10.2. The molecule has 0 aliphatic carbocycles. The predicted octanol–water partition coefficient (Wildman–Crippen LogP) is 1.92. The Bertz CT molecular complexity index is 494. The maximum Gasteiger partial charge on any atom is 0.122 e. The molecule has 1 aromatic heterocycles. The van der Waals surface area contributed by atoms with Crippen molar-refractivity contribution in [2.75, 3.05) is 0 Å². The minimum absolute atomic E-state index is 0.0147. The van der Waals surface area contributed by atoms with Gasteiger partial charge in [0.2, 0.25) is 0 Å². The van der Waals surface area contributed by atoms with Crippen molar-refractivity contribution < 1.29 is 10.2 Å². The van der Waals surface area contributed by atoms with Crippen LogP contribution in [0.4, 0.5) is 0 Å². The van der Waals surface area contributed by atoms with Gasteiger partial charge < -0.3 is 10.2 Å². The average Bonchev–Trinajstić information content (AvgIpc) is 2.87. The Kier molecular flexibility index (Phi) is 3.79. The molecule has 2 N–H and O–H groups in total. The number of aromatic nitrogens is 2. The Hall–Kier alpha value is -1.65. The number of para-hydroxylation sites is 1. The van der Waals surface area contributed by atoms with E-state index in [1.807, 2.05) is 44.2 Å². The van der Waals surface area contributed by atoms with E-state index >= 15 is 0 Å². The van der Waals surface area contributed by atoms with Gasteiger partial charge in [0.1, 0.15) is 6.10 Å². The lowest BCUT2D eigenvalue weighted by molar-refractivity contribution is -0.0128. The van der Waals surface area contributed by atoms with Crippen LogP contribution >= 0.6 is 0 Å². The van der Waals surface area contributed by atoms with E-state index < -0.39 is 12.2 Å². The third-order valence-electron chi connectivity index (χ3n) is 2.98. The first-order chi connectivity index (χ1) is 8.61. The molecule has 0 saturated heterocycles. The summed E-state index contributed by atoms with van der Waals surface area (Å²) in [4.78, 5) is 0. The summed E-state index contributed by atoms with van der Waals surface area (Å²) in [6.45, 7) is 3.74. The van der Waals surface area contributed by atoms with E-state index in [0.717, 1.165) is 5.69 Å². The lowest BCUT2D eigenvalue weighted by atomic mass is 9.99. The van der Waals surface area contributed by atoms with Crippen molar-refractivity contribution in [3.63, 3.8) is 0 Å². The van der Waals surface area contributed by atoms with E-state index in [0.29, 0.717) is 5.69 Å². The molecular formula is C14H18N2O2. The van der Waals surface area contributed by atoms with Crippen LogP contribution < -0.4 is 0 Å². The first-order valence-corrected chi connectivity index (χ1v) is 6.06. The van der Waals surface area contributed by atoms with E-state index in [1.54, 1.807) is 16.9 Å². The third-order valence-corrected chi connectivity index (χ3v) is 2.98. The van der Waals surface area contributed by atoms with E-state index in [-0.39, 0.29) is 5.92 Å². The van der Waals surface area contributed by atoms with Gasteiger partial charge in [0, 0.05) is 6.20 Å². The van der Waals surface area contributed by atoms with Crippen molar-refractivity contribution in [2.45, 2.75) is 26.1 Å². The quantitative estimate of drug-likeness (QED) is 0.866. The van der Waals surface area contributed by atoms with Crippen LogP contribution in [0.15, 0.2) is 42.6 Å². The molecule has 96 valence electrons. The molecule has 0 radical (unpaired) electrons. The van der Waals surface area contributed by atoms with Crippen LogP contribution in [0.25, 0.3) is 5.69 Å². The van der Waals surface area contributed by atoms with Gasteiger partial charge in [0.05, 0.1) is 17.5 Å². The smallest absolute Gasteiger partial charge is 0.122 e. The van der Waals surface area contributed by atoms with Crippen LogP contribution in [0.2, 0.25) is 0 Å². The summed E-state index contributed by atoms with van der Waals surface area (Å²) in [7, 11) is 0. The normalized spacial score (nSPS) is 14.7. The maximum atomic E-state index is 10.2. The molecule has 2 atom stereocenters. The van der Waals surface area contributed by atoms with Crippen LogP contribution in [0, 0.1) is 5.92 Å². The van der Waals surface area contributed by atoms with Gasteiger partial charge in [-0.15, -0.1) is 0 Å². The fourth-order valence-corrected chi connectivity index (χ4v) is 1.86. The highest BCUT2D eigenvalue weighted by atomic mass is 16.3. The number of hydrogen-bond donors (Lipinski definition) is 2. The summed E-state index contributed by atoms with van der Waals surface area (Å²) >= 11 is 0. The minimum Gasteiger partial charge on any atom is -0.390 e. The lowest BCUT2D eigenvalue weighted by Crippen LogP contribution is -2.25. The minimum atomic E-state index is -0.937. The highest BCUT2D eigenvalue weighted by Gasteiger charge is 2.24. The van der Waals surface area contributed by atoms with E-state index in [2.05, 4.69) is 5.10 Å². The van der Waals surface area contributed by atoms with Gasteiger partial charge in [-0.3, -0.25) is 0 Å². The Morgan fingerprint density at radius 3 is 2.33 bits per heavy atom. The monoisotopic (exact) mass is 246 g/mol. The molecule has 1 heterocycles. The second-order valence-corrected chi connectivity index (χ2v) is 4.68. The molecule has 4 nitrogen and oxygen atoms in total. The molecule has 2 unspecified atom stereocenters. The Balaban J connectivity index is 2.34. The molecule has 0 aliphatic rings.